The van der Waals surface area contributed by atoms with Crippen LogP contribution in [0.15, 0.2) is 36.5 Å². The molecular formula is C16H17N3O2. The standard InChI is InChI=1S/C16H17N3O2/c1-10-7-8-19-13(9-10)18-14(16(19)17)11-5-4-6-12(20-2)15(11)21-3/h4-9H,17H2,1-3H3. The van der Waals surface area contributed by atoms with Gasteiger partial charge < -0.3 is 15.2 Å². The van der Waals surface area contributed by atoms with Gasteiger partial charge in [0.05, 0.1) is 14.2 Å². The Labute approximate surface area is 122 Å². The smallest absolute Gasteiger partial charge is 0.170 e. The van der Waals surface area contributed by atoms with Crippen LogP contribution in [0.3, 0.4) is 0 Å². The lowest BCUT2D eigenvalue weighted by atomic mass is 10.1. The molecule has 5 heteroatoms. The zero-order valence-electron chi connectivity index (χ0n) is 12.3. The number of aromatic nitrogens is 2. The van der Waals surface area contributed by atoms with Crippen molar-refractivity contribution in [3.05, 3.63) is 42.1 Å². The molecule has 0 saturated carbocycles. The van der Waals surface area contributed by atoms with Crippen LogP contribution in [0.5, 0.6) is 11.5 Å². The minimum Gasteiger partial charge on any atom is -0.493 e. The van der Waals surface area contributed by atoms with E-state index in [0.717, 1.165) is 16.8 Å². The summed E-state index contributed by atoms with van der Waals surface area (Å²) in [6.07, 6.45) is 1.92. The number of nitrogen functional groups attached to an aromatic ring is 1. The largest absolute Gasteiger partial charge is 0.493 e. The molecule has 108 valence electrons. The Balaban J connectivity index is 2.28. The number of fused-ring (bicyclic) bond motifs is 1. The van der Waals surface area contributed by atoms with Crippen molar-refractivity contribution in [1.82, 2.24) is 9.38 Å². The van der Waals surface area contributed by atoms with Gasteiger partial charge in [-0.3, -0.25) is 4.40 Å². The molecule has 0 atom stereocenters. The van der Waals surface area contributed by atoms with Crippen molar-refractivity contribution in [1.29, 1.82) is 0 Å². The predicted molar refractivity (Wildman–Crippen MR) is 82.9 cm³/mol. The van der Waals surface area contributed by atoms with E-state index in [1.807, 2.05) is 47.9 Å². The normalized spacial score (nSPS) is 10.8. The molecule has 0 radical (unpaired) electrons. The molecule has 2 aromatic heterocycles. The minimum absolute atomic E-state index is 0.580. The molecule has 1 aromatic carbocycles. The molecule has 0 spiro atoms. The Hall–Kier alpha value is -2.69. The molecule has 3 rings (SSSR count). The lowest BCUT2D eigenvalue weighted by molar-refractivity contribution is 0.356. The highest BCUT2D eigenvalue weighted by Crippen LogP contribution is 2.39. The average molecular weight is 283 g/mol. The highest BCUT2D eigenvalue weighted by atomic mass is 16.5. The first-order valence-corrected chi connectivity index (χ1v) is 6.61. The molecule has 3 aromatic rings. The number of hydrogen-bond acceptors (Lipinski definition) is 4. The fourth-order valence-corrected chi connectivity index (χ4v) is 2.44. The lowest BCUT2D eigenvalue weighted by Gasteiger charge is -2.11. The highest BCUT2D eigenvalue weighted by Gasteiger charge is 2.18. The summed E-state index contributed by atoms with van der Waals surface area (Å²) in [7, 11) is 3.22. The minimum atomic E-state index is 0.580. The molecule has 0 bridgehead atoms. The number of aryl methyl sites for hydroxylation is 1. The molecule has 0 saturated heterocycles. The summed E-state index contributed by atoms with van der Waals surface area (Å²) in [5.74, 6) is 1.87. The summed E-state index contributed by atoms with van der Waals surface area (Å²) in [6.45, 7) is 2.02. The topological polar surface area (TPSA) is 61.8 Å². The first-order chi connectivity index (χ1) is 10.2. The second-order valence-corrected chi connectivity index (χ2v) is 4.82. The first kappa shape index (κ1) is 13.3. The number of anilines is 1. The van der Waals surface area contributed by atoms with E-state index >= 15 is 0 Å². The number of hydrogen-bond donors (Lipinski definition) is 1. The molecule has 0 unspecified atom stereocenters. The van der Waals surface area contributed by atoms with E-state index < -0.39 is 0 Å². The lowest BCUT2D eigenvalue weighted by Crippen LogP contribution is -1.97. The molecule has 0 amide bonds. The third-order valence-electron chi connectivity index (χ3n) is 3.48. The maximum Gasteiger partial charge on any atom is 0.170 e. The molecule has 0 aliphatic rings. The van der Waals surface area contributed by atoms with Crippen LogP contribution in [0, 0.1) is 6.92 Å². The van der Waals surface area contributed by atoms with E-state index in [-0.39, 0.29) is 0 Å². The Morgan fingerprint density at radius 3 is 2.67 bits per heavy atom. The van der Waals surface area contributed by atoms with Crippen molar-refractivity contribution in [3.63, 3.8) is 0 Å². The van der Waals surface area contributed by atoms with E-state index in [1.54, 1.807) is 14.2 Å². The van der Waals surface area contributed by atoms with Crippen molar-refractivity contribution < 1.29 is 9.47 Å². The summed E-state index contributed by atoms with van der Waals surface area (Å²) in [6, 6.07) is 9.65. The SMILES string of the molecule is COc1cccc(-c2nc3cc(C)ccn3c2N)c1OC. The van der Waals surface area contributed by atoms with Gasteiger partial charge in [-0.2, -0.15) is 0 Å². The molecule has 2 heterocycles. The Morgan fingerprint density at radius 2 is 1.95 bits per heavy atom. The monoisotopic (exact) mass is 283 g/mol. The van der Waals surface area contributed by atoms with Crippen LogP contribution in [-0.4, -0.2) is 23.6 Å². The molecule has 21 heavy (non-hydrogen) atoms. The number of imidazole rings is 1. The van der Waals surface area contributed by atoms with E-state index in [4.69, 9.17) is 15.2 Å². The van der Waals surface area contributed by atoms with Crippen molar-refractivity contribution >= 4 is 11.5 Å². The molecule has 2 N–H and O–H groups in total. The molecular weight excluding hydrogens is 266 g/mol. The summed E-state index contributed by atoms with van der Waals surface area (Å²) in [4.78, 5) is 4.63. The molecule has 5 nitrogen and oxygen atoms in total. The van der Waals surface area contributed by atoms with Crippen LogP contribution in [0.25, 0.3) is 16.9 Å². The number of benzene rings is 1. The first-order valence-electron chi connectivity index (χ1n) is 6.61. The number of rotatable bonds is 3. The molecule has 0 aliphatic carbocycles. The van der Waals surface area contributed by atoms with Crippen molar-refractivity contribution in [2.75, 3.05) is 20.0 Å². The Kier molecular flexibility index (Phi) is 3.17. The van der Waals surface area contributed by atoms with Crippen LogP contribution < -0.4 is 15.2 Å². The van der Waals surface area contributed by atoms with Crippen molar-refractivity contribution in [2.45, 2.75) is 6.92 Å². The summed E-state index contributed by atoms with van der Waals surface area (Å²) in [5, 5.41) is 0. The van der Waals surface area contributed by atoms with Crippen molar-refractivity contribution in [3.8, 4) is 22.8 Å². The number of ether oxygens (including phenoxy) is 2. The molecule has 0 aliphatic heterocycles. The van der Waals surface area contributed by atoms with Gasteiger partial charge in [-0.25, -0.2) is 4.98 Å². The van der Waals surface area contributed by atoms with E-state index in [0.29, 0.717) is 23.0 Å². The fourth-order valence-electron chi connectivity index (χ4n) is 2.44. The van der Waals surface area contributed by atoms with Crippen LogP contribution in [0.4, 0.5) is 5.82 Å². The number of methoxy groups -OCH3 is 2. The van der Waals surface area contributed by atoms with Gasteiger partial charge in [0, 0.05) is 11.8 Å². The van der Waals surface area contributed by atoms with Crippen molar-refractivity contribution in [2.24, 2.45) is 0 Å². The number of pyridine rings is 1. The fraction of sp³-hybridized carbons (Fsp3) is 0.188. The number of nitrogens with zero attached hydrogens (tertiary/aromatic N) is 2. The van der Waals surface area contributed by atoms with Crippen LogP contribution in [0.2, 0.25) is 0 Å². The quantitative estimate of drug-likeness (QED) is 0.803. The zero-order valence-corrected chi connectivity index (χ0v) is 12.3. The summed E-state index contributed by atoms with van der Waals surface area (Å²) >= 11 is 0. The van der Waals surface area contributed by atoms with Gasteiger partial charge in [-0.1, -0.05) is 6.07 Å². The van der Waals surface area contributed by atoms with Gasteiger partial charge in [0.15, 0.2) is 11.5 Å². The van der Waals surface area contributed by atoms with Gasteiger partial charge >= 0.3 is 0 Å². The second-order valence-electron chi connectivity index (χ2n) is 4.82. The third kappa shape index (κ3) is 2.07. The molecule has 0 fully saturated rings. The van der Waals surface area contributed by atoms with Crippen LogP contribution in [0.1, 0.15) is 5.56 Å². The van der Waals surface area contributed by atoms with E-state index in [1.165, 1.54) is 0 Å². The van der Waals surface area contributed by atoms with Gasteiger partial charge in [0.2, 0.25) is 0 Å². The summed E-state index contributed by atoms with van der Waals surface area (Å²) < 4.78 is 12.7. The number of nitrogens with two attached hydrogens (primary N) is 1. The predicted octanol–water partition coefficient (Wildman–Crippen LogP) is 2.91. The van der Waals surface area contributed by atoms with E-state index in [9.17, 15) is 0 Å². The zero-order chi connectivity index (χ0) is 15.0. The maximum atomic E-state index is 6.24. The highest BCUT2D eigenvalue weighted by molar-refractivity contribution is 5.81. The van der Waals surface area contributed by atoms with Gasteiger partial charge in [-0.15, -0.1) is 0 Å². The van der Waals surface area contributed by atoms with Crippen LogP contribution in [-0.2, 0) is 0 Å². The van der Waals surface area contributed by atoms with Gasteiger partial charge in [0.25, 0.3) is 0 Å². The van der Waals surface area contributed by atoms with Crippen LogP contribution >= 0.6 is 0 Å². The average Bonchev–Trinajstić information content (AvgIpc) is 2.82. The third-order valence-corrected chi connectivity index (χ3v) is 3.48. The second kappa shape index (κ2) is 5.01. The Morgan fingerprint density at radius 1 is 1.14 bits per heavy atom. The Bertz CT molecular complexity index is 809. The summed E-state index contributed by atoms with van der Waals surface area (Å²) in [5.41, 5.74) is 9.69. The maximum absolute atomic E-state index is 6.24. The van der Waals surface area contributed by atoms with E-state index in [2.05, 4.69) is 4.98 Å². The van der Waals surface area contributed by atoms with Gasteiger partial charge in [0.1, 0.15) is 17.2 Å². The number of para-hydroxylation sites is 1. The van der Waals surface area contributed by atoms with Gasteiger partial charge in [-0.05, 0) is 36.8 Å².